The summed E-state index contributed by atoms with van der Waals surface area (Å²) < 4.78 is 11.2. The molecule has 0 radical (unpaired) electrons. The maximum atomic E-state index is 12.5. The van der Waals surface area contributed by atoms with Crippen molar-refractivity contribution in [1.29, 1.82) is 0 Å². The van der Waals surface area contributed by atoms with Crippen LogP contribution >= 0.6 is 15.9 Å². The fourth-order valence-electron chi connectivity index (χ4n) is 2.53. The van der Waals surface area contributed by atoms with Crippen molar-refractivity contribution in [1.82, 2.24) is 4.90 Å². The Hall–Kier alpha value is -1.66. The molecule has 0 aliphatic carbocycles. The lowest BCUT2D eigenvalue weighted by Crippen LogP contribution is -2.37. The Balaban J connectivity index is 2.01. The molecule has 5 nitrogen and oxygen atoms in total. The standard InChI is InChI=1S/C18H22BrNO4/c1-23-18(22)10-11-20(13-15-6-4-12-24-15)17(21)9-8-14-5-2-3-7-16(14)19/h2-3,5,7-9,15H,4,6,10-13H2,1H3. The van der Waals surface area contributed by atoms with E-state index in [4.69, 9.17) is 4.74 Å². The van der Waals surface area contributed by atoms with Crippen LogP contribution in [0.1, 0.15) is 24.8 Å². The lowest BCUT2D eigenvalue weighted by atomic mass is 10.2. The number of hydrogen-bond donors (Lipinski definition) is 0. The number of carbonyl (C=O) groups excluding carboxylic acids is 2. The highest BCUT2D eigenvalue weighted by Gasteiger charge is 2.22. The van der Waals surface area contributed by atoms with Crippen LogP contribution in [0.15, 0.2) is 34.8 Å². The van der Waals surface area contributed by atoms with Gasteiger partial charge in [0.25, 0.3) is 0 Å². The summed E-state index contributed by atoms with van der Waals surface area (Å²) in [4.78, 5) is 25.6. The molecule has 0 aromatic heterocycles. The molecule has 1 aliphatic rings. The summed E-state index contributed by atoms with van der Waals surface area (Å²) in [6.45, 7) is 1.55. The van der Waals surface area contributed by atoms with E-state index in [-0.39, 0.29) is 24.4 Å². The molecule has 0 saturated carbocycles. The molecule has 1 unspecified atom stereocenters. The molecule has 1 heterocycles. The summed E-state index contributed by atoms with van der Waals surface area (Å²) in [6.07, 6.45) is 5.48. The number of methoxy groups -OCH3 is 1. The van der Waals surface area contributed by atoms with E-state index in [0.29, 0.717) is 13.1 Å². The molecule has 1 fully saturated rings. The Morgan fingerprint density at radius 2 is 2.21 bits per heavy atom. The number of halogens is 1. The second kappa shape index (κ2) is 9.59. The van der Waals surface area contributed by atoms with Crippen LogP contribution in [-0.4, -0.2) is 49.7 Å². The van der Waals surface area contributed by atoms with Crippen molar-refractivity contribution in [3.63, 3.8) is 0 Å². The summed E-state index contributed by atoms with van der Waals surface area (Å²) in [7, 11) is 1.35. The quantitative estimate of drug-likeness (QED) is 0.525. The second-order valence-corrected chi connectivity index (χ2v) is 6.45. The van der Waals surface area contributed by atoms with E-state index < -0.39 is 0 Å². The molecule has 130 valence electrons. The summed E-state index contributed by atoms with van der Waals surface area (Å²) >= 11 is 3.46. The van der Waals surface area contributed by atoms with Gasteiger partial charge in [0.2, 0.25) is 5.91 Å². The number of carbonyl (C=O) groups is 2. The van der Waals surface area contributed by atoms with E-state index in [2.05, 4.69) is 20.7 Å². The van der Waals surface area contributed by atoms with Crippen LogP contribution in [-0.2, 0) is 19.1 Å². The molecule has 1 aromatic carbocycles. The molecule has 0 spiro atoms. The highest BCUT2D eigenvalue weighted by atomic mass is 79.9. The minimum Gasteiger partial charge on any atom is -0.469 e. The molecule has 1 amide bonds. The first kappa shape index (κ1) is 18.7. The second-order valence-electron chi connectivity index (χ2n) is 5.60. The molecule has 1 atom stereocenters. The minimum absolute atomic E-state index is 0.0449. The molecule has 24 heavy (non-hydrogen) atoms. The first-order chi connectivity index (χ1) is 11.6. The van der Waals surface area contributed by atoms with E-state index in [0.717, 1.165) is 29.5 Å². The smallest absolute Gasteiger partial charge is 0.307 e. The van der Waals surface area contributed by atoms with Crippen LogP contribution < -0.4 is 0 Å². The van der Waals surface area contributed by atoms with Gasteiger partial charge in [0, 0.05) is 30.2 Å². The predicted octanol–water partition coefficient (Wildman–Crippen LogP) is 3.03. The molecule has 1 aliphatic heterocycles. The monoisotopic (exact) mass is 395 g/mol. The lowest BCUT2D eigenvalue weighted by Gasteiger charge is -2.24. The van der Waals surface area contributed by atoms with Crippen molar-refractivity contribution < 1.29 is 19.1 Å². The molecular weight excluding hydrogens is 374 g/mol. The minimum atomic E-state index is -0.324. The topological polar surface area (TPSA) is 55.8 Å². The number of nitrogens with zero attached hydrogens (tertiary/aromatic N) is 1. The van der Waals surface area contributed by atoms with Crippen molar-refractivity contribution >= 4 is 33.9 Å². The van der Waals surface area contributed by atoms with Crippen LogP contribution in [0.2, 0.25) is 0 Å². The third-order valence-electron chi connectivity index (χ3n) is 3.88. The van der Waals surface area contributed by atoms with Crippen molar-refractivity contribution in [3.05, 3.63) is 40.4 Å². The molecule has 6 heteroatoms. The largest absolute Gasteiger partial charge is 0.469 e. The third-order valence-corrected chi connectivity index (χ3v) is 4.61. The number of amides is 1. The molecule has 1 saturated heterocycles. The van der Waals surface area contributed by atoms with E-state index in [1.165, 1.54) is 13.2 Å². The summed E-state index contributed by atoms with van der Waals surface area (Å²) in [5, 5.41) is 0. The van der Waals surface area contributed by atoms with Crippen LogP contribution in [0, 0.1) is 0 Å². The van der Waals surface area contributed by atoms with Gasteiger partial charge in [-0.2, -0.15) is 0 Å². The van der Waals surface area contributed by atoms with Gasteiger partial charge in [-0.1, -0.05) is 34.1 Å². The first-order valence-electron chi connectivity index (χ1n) is 8.00. The number of benzene rings is 1. The zero-order chi connectivity index (χ0) is 17.4. The third kappa shape index (κ3) is 5.76. The Kier molecular flexibility index (Phi) is 7.46. The normalized spacial score (nSPS) is 17.2. The summed E-state index contributed by atoms with van der Waals surface area (Å²) in [5.41, 5.74) is 0.927. The van der Waals surface area contributed by atoms with Gasteiger partial charge in [-0.3, -0.25) is 9.59 Å². The summed E-state index contributed by atoms with van der Waals surface area (Å²) in [6, 6.07) is 7.68. The molecular formula is C18H22BrNO4. The van der Waals surface area contributed by atoms with Crippen molar-refractivity contribution in [3.8, 4) is 0 Å². The van der Waals surface area contributed by atoms with E-state index in [9.17, 15) is 9.59 Å². The molecule has 2 rings (SSSR count). The zero-order valence-electron chi connectivity index (χ0n) is 13.7. The number of ether oxygens (including phenoxy) is 2. The van der Waals surface area contributed by atoms with E-state index in [1.807, 2.05) is 24.3 Å². The lowest BCUT2D eigenvalue weighted by molar-refractivity contribution is -0.141. The van der Waals surface area contributed by atoms with Gasteiger partial charge in [0.05, 0.1) is 19.6 Å². The van der Waals surface area contributed by atoms with Crippen LogP contribution in [0.3, 0.4) is 0 Å². The van der Waals surface area contributed by atoms with Crippen molar-refractivity contribution in [2.75, 3.05) is 26.8 Å². The summed E-state index contributed by atoms with van der Waals surface area (Å²) in [5.74, 6) is -0.458. The van der Waals surface area contributed by atoms with E-state index in [1.54, 1.807) is 11.0 Å². The highest BCUT2D eigenvalue weighted by Crippen LogP contribution is 2.18. The zero-order valence-corrected chi connectivity index (χ0v) is 15.3. The maximum Gasteiger partial charge on any atom is 0.307 e. The average molecular weight is 396 g/mol. The molecule has 1 aromatic rings. The Labute approximate surface area is 150 Å². The molecule has 0 N–H and O–H groups in total. The van der Waals surface area contributed by atoms with Gasteiger partial charge in [0.1, 0.15) is 0 Å². The maximum absolute atomic E-state index is 12.5. The number of esters is 1. The fraction of sp³-hybridized carbons (Fsp3) is 0.444. The Bertz CT molecular complexity index is 596. The predicted molar refractivity (Wildman–Crippen MR) is 95.4 cm³/mol. The van der Waals surface area contributed by atoms with Gasteiger partial charge in [-0.25, -0.2) is 0 Å². The van der Waals surface area contributed by atoms with Crippen LogP contribution in [0.5, 0.6) is 0 Å². The first-order valence-corrected chi connectivity index (χ1v) is 8.79. The van der Waals surface area contributed by atoms with Crippen LogP contribution in [0.25, 0.3) is 6.08 Å². The van der Waals surface area contributed by atoms with Gasteiger partial charge in [-0.05, 0) is 30.5 Å². The van der Waals surface area contributed by atoms with Gasteiger partial charge < -0.3 is 14.4 Å². The Morgan fingerprint density at radius 3 is 2.88 bits per heavy atom. The van der Waals surface area contributed by atoms with Crippen LogP contribution in [0.4, 0.5) is 0 Å². The molecule has 0 bridgehead atoms. The fourth-order valence-corrected chi connectivity index (χ4v) is 2.95. The highest BCUT2D eigenvalue weighted by molar-refractivity contribution is 9.10. The van der Waals surface area contributed by atoms with Crippen molar-refractivity contribution in [2.45, 2.75) is 25.4 Å². The van der Waals surface area contributed by atoms with Gasteiger partial charge in [0.15, 0.2) is 0 Å². The number of rotatable bonds is 7. The average Bonchev–Trinajstić information content (AvgIpc) is 3.10. The Morgan fingerprint density at radius 1 is 1.42 bits per heavy atom. The van der Waals surface area contributed by atoms with E-state index >= 15 is 0 Å². The van der Waals surface area contributed by atoms with Gasteiger partial charge >= 0.3 is 5.97 Å². The van der Waals surface area contributed by atoms with Crippen molar-refractivity contribution in [2.24, 2.45) is 0 Å². The SMILES string of the molecule is COC(=O)CCN(CC1CCCO1)C(=O)C=Cc1ccccc1Br. The number of hydrogen-bond acceptors (Lipinski definition) is 4. The van der Waals surface area contributed by atoms with Gasteiger partial charge in [-0.15, -0.1) is 0 Å².